The highest BCUT2D eigenvalue weighted by Crippen LogP contribution is 2.64. The molecular weight excluding hydrogens is 316 g/mol. The van der Waals surface area contributed by atoms with Gasteiger partial charge < -0.3 is 4.42 Å². The van der Waals surface area contributed by atoms with E-state index in [4.69, 9.17) is 4.42 Å². The number of benzene rings is 3. The zero-order valence-corrected chi connectivity index (χ0v) is 14.8. The maximum Gasteiger partial charge on any atom is 0.139 e. The predicted molar refractivity (Wildman–Crippen MR) is 104 cm³/mol. The number of hydrogen-bond donors (Lipinski definition) is 0. The first kappa shape index (κ1) is 14.1. The molecule has 0 amide bonds. The average Bonchev–Trinajstić information content (AvgIpc) is 3.26. The molecule has 1 aromatic heterocycles. The Bertz CT molecular complexity index is 1160. The molecule has 4 aromatic rings. The average molecular weight is 334 g/mol. The molecule has 2 aliphatic rings. The summed E-state index contributed by atoms with van der Waals surface area (Å²) in [7, 11) is 0. The number of hydrogen-bond acceptors (Lipinski definition) is 1. The topological polar surface area (TPSA) is 13.1 Å². The van der Waals surface area contributed by atoms with Crippen molar-refractivity contribution >= 4 is 0 Å². The van der Waals surface area contributed by atoms with E-state index in [1.807, 2.05) is 0 Å². The van der Waals surface area contributed by atoms with Crippen LogP contribution in [0.1, 0.15) is 33.6 Å². The van der Waals surface area contributed by atoms with Crippen LogP contribution >= 0.6 is 0 Å². The van der Waals surface area contributed by atoms with Gasteiger partial charge in [0.25, 0.3) is 0 Å². The molecule has 1 nitrogen and oxygen atoms in total. The second-order valence-corrected chi connectivity index (χ2v) is 7.37. The fourth-order valence-electron chi connectivity index (χ4n) is 5.21. The molecule has 0 radical (unpaired) electrons. The Hall–Kier alpha value is -3.06. The van der Waals surface area contributed by atoms with Gasteiger partial charge in [-0.3, -0.25) is 0 Å². The first-order valence-electron chi connectivity index (χ1n) is 9.14. The Morgan fingerprint density at radius 3 is 1.65 bits per heavy atom. The Balaban J connectivity index is 1.90. The minimum Gasteiger partial charge on any atom is -0.461 e. The highest BCUT2D eigenvalue weighted by Gasteiger charge is 2.54. The van der Waals surface area contributed by atoms with E-state index in [-0.39, 0.29) is 5.41 Å². The zero-order chi connectivity index (χ0) is 17.5. The van der Waals surface area contributed by atoms with Crippen molar-refractivity contribution in [2.75, 3.05) is 0 Å². The number of fused-ring (bicyclic) bond motifs is 10. The molecule has 0 bridgehead atoms. The summed E-state index contributed by atoms with van der Waals surface area (Å²) in [6.07, 6.45) is 0. The quantitative estimate of drug-likeness (QED) is 0.320. The Morgan fingerprint density at radius 2 is 1.08 bits per heavy atom. The molecule has 3 aromatic carbocycles. The monoisotopic (exact) mass is 334 g/mol. The van der Waals surface area contributed by atoms with Gasteiger partial charge in [-0.15, -0.1) is 0 Å². The Morgan fingerprint density at radius 1 is 0.615 bits per heavy atom. The maximum absolute atomic E-state index is 6.30. The van der Waals surface area contributed by atoms with Crippen molar-refractivity contribution in [1.82, 2.24) is 0 Å². The lowest BCUT2D eigenvalue weighted by Gasteiger charge is -2.30. The van der Waals surface area contributed by atoms with Crippen molar-refractivity contribution in [3.63, 3.8) is 0 Å². The van der Waals surface area contributed by atoms with Crippen LogP contribution in [0.3, 0.4) is 0 Å². The molecule has 124 valence electrons. The third kappa shape index (κ3) is 1.37. The summed E-state index contributed by atoms with van der Waals surface area (Å²) in [5, 5.41) is 0. The smallest absolute Gasteiger partial charge is 0.139 e. The van der Waals surface area contributed by atoms with Crippen LogP contribution in [0.5, 0.6) is 0 Å². The third-order valence-electron chi connectivity index (χ3n) is 6.29. The zero-order valence-electron chi connectivity index (χ0n) is 14.8. The molecule has 0 fully saturated rings. The van der Waals surface area contributed by atoms with E-state index in [1.54, 1.807) is 0 Å². The van der Waals surface area contributed by atoms with Crippen LogP contribution in [0.15, 0.2) is 77.2 Å². The lowest BCUT2D eigenvalue weighted by Crippen LogP contribution is -2.26. The SMILES string of the molecule is Cc1oc2c(c1C)C1(c3ccccc3-c3ccccc31)c1ccccc1-2. The van der Waals surface area contributed by atoms with Crippen LogP contribution < -0.4 is 0 Å². The van der Waals surface area contributed by atoms with Crippen molar-refractivity contribution in [3.05, 3.63) is 106 Å². The van der Waals surface area contributed by atoms with Gasteiger partial charge in [-0.2, -0.15) is 0 Å². The fourth-order valence-corrected chi connectivity index (χ4v) is 5.21. The second-order valence-electron chi connectivity index (χ2n) is 7.37. The minimum atomic E-state index is -0.263. The Labute approximate surface area is 152 Å². The van der Waals surface area contributed by atoms with Crippen molar-refractivity contribution < 1.29 is 4.42 Å². The highest BCUT2D eigenvalue weighted by atomic mass is 16.3. The van der Waals surface area contributed by atoms with Crippen LogP contribution in [0, 0.1) is 13.8 Å². The minimum absolute atomic E-state index is 0.263. The lowest BCUT2D eigenvalue weighted by molar-refractivity contribution is 0.545. The summed E-state index contributed by atoms with van der Waals surface area (Å²) in [6, 6.07) is 26.5. The van der Waals surface area contributed by atoms with E-state index in [1.165, 1.54) is 44.5 Å². The van der Waals surface area contributed by atoms with E-state index in [9.17, 15) is 0 Å². The standard InChI is InChI=1S/C25H18O/c1-15-16(2)26-24-19-11-5-8-14-22(19)25(23(15)24)20-12-6-3-9-17(20)18-10-4-7-13-21(18)25/h3-14H,1-2H3. The van der Waals surface area contributed by atoms with Crippen LogP contribution in [-0.4, -0.2) is 0 Å². The van der Waals surface area contributed by atoms with Crippen LogP contribution in [0.4, 0.5) is 0 Å². The lowest BCUT2D eigenvalue weighted by atomic mass is 9.70. The van der Waals surface area contributed by atoms with E-state index in [0.717, 1.165) is 11.5 Å². The summed E-state index contributed by atoms with van der Waals surface area (Å²) in [5.74, 6) is 2.06. The maximum atomic E-state index is 6.30. The van der Waals surface area contributed by atoms with Gasteiger partial charge in [0.15, 0.2) is 0 Å². The van der Waals surface area contributed by atoms with Gasteiger partial charge in [0, 0.05) is 11.1 Å². The van der Waals surface area contributed by atoms with Crippen molar-refractivity contribution in [2.45, 2.75) is 19.3 Å². The largest absolute Gasteiger partial charge is 0.461 e. The Kier molecular flexibility index (Phi) is 2.48. The summed E-state index contributed by atoms with van der Waals surface area (Å²) in [6.45, 7) is 4.28. The van der Waals surface area contributed by atoms with Gasteiger partial charge in [-0.25, -0.2) is 0 Å². The normalized spacial score (nSPS) is 14.8. The van der Waals surface area contributed by atoms with Crippen LogP contribution in [0.25, 0.3) is 22.5 Å². The van der Waals surface area contributed by atoms with E-state index < -0.39 is 0 Å². The second kappa shape index (κ2) is 4.56. The molecule has 1 spiro atoms. The summed E-state index contributed by atoms with van der Waals surface area (Å²) >= 11 is 0. The molecule has 0 saturated heterocycles. The van der Waals surface area contributed by atoms with E-state index >= 15 is 0 Å². The number of aryl methyl sites for hydroxylation is 1. The number of rotatable bonds is 0. The molecule has 0 aliphatic heterocycles. The molecule has 0 saturated carbocycles. The first-order valence-corrected chi connectivity index (χ1v) is 9.14. The molecular formula is C25H18O. The predicted octanol–water partition coefficient (Wildman–Crippen LogP) is 6.24. The van der Waals surface area contributed by atoms with Gasteiger partial charge in [-0.05, 0) is 47.2 Å². The third-order valence-corrected chi connectivity index (χ3v) is 6.29. The molecule has 1 heterocycles. The van der Waals surface area contributed by atoms with Gasteiger partial charge in [0.05, 0.1) is 5.41 Å². The summed E-state index contributed by atoms with van der Waals surface area (Å²) in [4.78, 5) is 0. The number of furan rings is 1. The van der Waals surface area contributed by atoms with Gasteiger partial charge in [0.2, 0.25) is 0 Å². The highest BCUT2D eigenvalue weighted by molar-refractivity contribution is 5.94. The first-order chi connectivity index (χ1) is 12.7. The van der Waals surface area contributed by atoms with E-state index in [2.05, 4.69) is 86.6 Å². The molecule has 26 heavy (non-hydrogen) atoms. The van der Waals surface area contributed by atoms with Gasteiger partial charge in [0.1, 0.15) is 11.5 Å². The van der Waals surface area contributed by atoms with Crippen molar-refractivity contribution in [2.24, 2.45) is 0 Å². The van der Waals surface area contributed by atoms with Crippen molar-refractivity contribution in [3.8, 4) is 22.5 Å². The molecule has 0 atom stereocenters. The molecule has 6 rings (SSSR count). The summed E-state index contributed by atoms with van der Waals surface area (Å²) in [5.41, 5.74) is 10.3. The fraction of sp³-hybridized carbons (Fsp3) is 0.120. The molecule has 0 unspecified atom stereocenters. The molecule has 0 N–H and O–H groups in total. The van der Waals surface area contributed by atoms with Crippen molar-refractivity contribution in [1.29, 1.82) is 0 Å². The molecule has 2 aliphatic carbocycles. The van der Waals surface area contributed by atoms with E-state index in [0.29, 0.717) is 0 Å². The summed E-state index contributed by atoms with van der Waals surface area (Å²) < 4.78 is 6.30. The van der Waals surface area contributed by atoms with Gasteiger partial charge in [-0.1, -0.05) is 72.8 Å². The molecule has 1 heteroatoms. The van der Waals surface area contributed by atoms with Crippen LogP contribution in [-0.2, 0) is 5.41 Å². The van der Waals surface area contributed by atoms with Crippen LogP contribution in [0.2, 0.25) is 0 Å². The van der Waals surface area contributed by atoms with Gasteiger partial charge >= 0.3 is 0 Å².